The summed E-state index contributed by atoms with van der Waals surface area (Å²) in [6.45, 7) is 0.964. The monoisotopic (exact) mass is 487 g/mol. The van der Waals surface area contributed by atoms with Gasteiger partial charge in [0.2, 0.25) is 5.89 Å². The summed E-state index contributed by atoms with van der Waals surface area (Å²) in [4.78, 5) is 30.1. The van der Waals surface area contributed by atoms with Crippen molar-refractivity contribution in [1.29, 1.82) is 0 Å². The molecular weight excluding hydrogens is 465 g/mol. The molecule has 2 aromatic heterocycles. The number of amides is 1. The van der Waals surface area contributed by atoms with E-state index in [1.165, 1.54) is 17.2 Å². The van der Waals surface area contributed by atoms with Gasteiger partial charge in [0.15, 0.2) is 0 Å². The molecule has 0 spiro atoms. The second-order valence-corrected chi connectivity index (χ2v) is 8.97. The second kappa shape index (κ2) is 8.67. The fourth-order valence-corrected chi connectivity index (χ4v) is 4.68. The summed E-state index contributed by atoms with van der Waals surface area (Å²) in [5.41, 5.74) is 4.65. The molecule has 1 aliphatic carbocycles. The quantitative estimate of drug-likeness (QED) is 0.488. The molecule has 34 heavy (non-hydrogen) atoms. The summed E-state index contributed by atoms with van der Waals surface area (Å²) >= 11 is 0. The molecule has 1 saturated carbocycles. The van der Waals surface area contributed by atoms with Gasteiger partial charge in [0.25, 0.3) is 11.8 Å². The number of carbonyl (C=O) groups is 2. The van der Waals surface area contributed by atoms with Crippen LogP contribution in [0.15, 0.2) is 16.7 Å². The number of aldehydes is 1. The van der Waals surface area contributed by atoms with E-state index in [9.17, 15) is 31.5 Å². The van der Waals surface area contributed by atoms with Crippen LogP contribution in [-0.2, 0) is 11.3 Å². The first kappa shape index (κ1) is 24.2. The number of aromatic nitrogens is 3. The molecule has 3 unspecified atom stereocenters. The molecule has 1 aliphatic heterocycles. The molecule has 2 aromatic rings. The highest BCUT2D eigenvalue weighted by atomic mass is 19.4. The Bertz CT molecular complexity index is 1090. The topological polar surface area (TPSA) is 115 Å². The summed E-state index contributed by atoms with van der Waals surface area (Å²) in [5.74, 6) is -2.11. The molecule has 8 nitrogen and oxygen atoms in total. The van der Waals surface area contributed by atoms with Gasteiger partial charge in [0.1, 0.15) is 11.7 Å². The maximum absolute atomic E-state index is 13.4. The molecule has 0 bridgehead atoms. The lowest BCUT2D eigenvalue weighted by atomic mass is 9.71. The van der Waals surface area contributed by atoms with Crippen molar-refractivity contribution in [2.24, 2.45) is 17.1 Å². The van der Waals surface area contributed by atoms with Gasteiger partial charge in [-0.05, 0) is 38.2 Å². The third-order valence-corrected chi connectivity index (χ3v) is 6.71. The molecule has 2 N–H and O–H groups in total. The standard InChI is InChI=1S/C21H22F5N5O3/c1-20(9-32,21(24,25)26)6-10-3-2-4-14(15(10)27)31-8-13-12(19(31)33)5-11(7-28-13)17-29-30-18(34-17)16(22)23/h5,7,9-10,14-16H,2-4,6,8,27H2,1H3/t10?,14?,15-,20?/m1/s1. The van der Waals surface area contributed by atoms with Crippen LogP contribution in [-0.4, -0.2) is 50.5 Å². The van der Waals surface area contributed by atoms with Crippen molar-refractivity contribution < 1.29 is 36.0 Å². The zero-order valence-corrected chi connectivity index (χ0v) is 18.1. The SMILES string of the molecule is CC(C=O)(CC1CCCC(N2Cc3ncc(-c4nnc(C(F)F)o4)cc3C2=O)[C@@H]1N)C(F)(F)F. The Hall–Kier alpha value is -2.96. The molecule has 2 aliphatic rings. The lowest BCUT2D eigenvalue weighted by Crippen LogP contribution is -2.55. The van der Waals surface area contributed by atoms with Gasteiger partial charge in [0, 0.05) is 18.3 Å². The van der Waals surface area contributed by atoms with Crippen LogP contribution in [0, 0.1) is 11.3 Å². The smallest absolute Gasteiger partial charge is 0.400 e. The summed E-state index contributed by atoms with van der Waals surface area (Å²) in [6, 6.07) is 0.103. The number of carbonyl (C=O) groups excluding carboxylic acids is 2. The number of hydrogen-bond donors (Lipinski definition) is 1. The van der Waals surface area contributed by atoms with Gasteiger partial charge in [-0.3, -0.25) is 9.78 Å². The average Bonchev–Trinajstić information content (AvgIpc) is 3.40. The van der Waals surface area contributed by atoms with E-state index in [2.05, 4.69) is 15.2 Å². The summed E-state index contributed by atoms with van der Waals surface area (Å²) in [6.07, 6.45) is -5.41. The number of fused-ring (bicyclic) bond motifs is 1. The van der Waals surface area contributed by atoms with E-state index >= 15 is 0 Å². The van der Waals surface area contributed by atoms with E-state index in [1.54, 1.807) is 0 Å². The van der Waals surface area contributed by atoms with E-state index in [4.69, 9.17) is 10.2 Å². The predicted octanol–water partition coefficient (Wildman–Crippen LogP) is 3.68. The maximum Gasteiger partial charge on any atom is 0.400 e. The van der Waals surface area contributed by atoms with Gasteiger partial charge >= 0.3 is 12.6 Å². The van der Waals surface area contributed by atoms with Crippen molar-refractivity contribution in [2.45, 2.75) is 63.8 Å². The Morgan fingerprint density at radius 2 is 2.03 bits per heavy atom. The third-order valence-electron chi connectivity index (χ3n) is 6.71. The van der Waals surface area contributed by atoms with Crippen molar-refractivity contribution in [2.75, 3.05) is 0 Å². The number of nitrogens with two attached hydrogens (primary N) is 1. The minimum Gasteiger partial charge on any atom is -0.415 e. The Balaban J connectivity index is 1.53. The molecule has 4 atom stereocenters. The van der Waals surface area contributed by atoms with E-state index < -0.39 is 54.2 Å². The predicted molar refractivity (Wildman–Crippen MR) is 106 cm³/mol. The summed E-state index contributed by atoms with van der Waals surface area (Å²) < 4.78 is 70.7. The number of alkyl halides is 5. The van der Waals surface area contributed by atoms with Gasteiger partial charge in [-0.15, -0.1) is 10.2 Å². The van der Waals surface area contributed by atoms with Crippen LogP contribution >= 0.6 is 0 Å². The Morgan fingerprint density at radius 1 is 1.29 bits per heavy atom. The van der Waals surface area contributed by atoms with E-state index in [0.717, 1.165) is 6.92 Å². The largest absolute Gasteiger partial charge is 0.415 e. The van der Waals surface area contributed by atoms with Crippen molar-refractivity contribution in [3.05, 3.63) is 29.4 Å². The van der Waals surface area contributed by atoms with Gasteiger partial charge < -0.3 is 19.8 Å². The highest BCUT2D eigenvalue weighted by Gasteiger charge is 2.53. The van der Waals surface area contributed by atoms with Crippen LogP contribution in [0.5, 0.6) is 0 Å². The number of halogens is 5. The van der Waals surface area contributed by atoms with Crippen LogP contribution in [0.1, 0.15) is 61.0 Å². The first-order valence-electron chi connectivity index (χ1n) is 10.7. The summed E-state index contributed by atoms with van der Waals surface area (Å²) in [7, 11) is 0. The van der Waals surface area contributed by atoms with Crippen molar-refractivity contribution in [3.8, 4) is 11.5 Å². The number of nitrogens with zero attached hydrogens (tertiary/aromatic N) is 4. The molecule has 3 heterocycles. The minimum absolute atomic E-state index is 0.0807. The first-order valence-corrected chi connectivity index (χ1v) is 10.7. The van der Waals surface area contributed by atoms with E-state index in [1.807, 2.05) is 0 Å². The van der Waals surface area contributed by atoms with Crippen LogP contribution < -0.4 is 5.73 Å². The van der Waals surface area contributed by atoms with Gasteiger partial charge in [-0.1, -0.05) is 6.42 Å². The molecule has 184 valence electrons. The normalized spacial score (nSPS) is 24.9. The molecular formula is C21H22F5N5O3. The molecule has 0 radical (unpaired) electrons. The maximum atomic E-state index is 13.4. The number of hydrogen-bond acceptors (Lipinski definition) is 7. The third kappa shape index (κ3) is 4.17. The van der Waals surface area contributed by atoms with Crippen LogP contribution in [0.25, 0.3) is 11.5 Å². The number of rotatable bonds is 6. The van der Waals surface area contributed by atoms with E-state index in [-0.39, 0.29) is 29.8 Å². The van der Waals surface area contributed by atoms with Crippen LogP contribution in [0.3, 0.4) is 0 Å². The van der Waals surface area contributed by atoms with Gasteiger partial charge in [0.05, 0.1) is 23.4 Å². The molecule has 1 fully saturated rings. The molecule has 4 rings (SSSR count). The van der Waals surface area contributed by atoms with Crippen LogP contribution in [0.4, 0.5) is 22.0 Å². The first-order chi connectivity index (χ1) is 15.9. The summed E-state index contributed by atoms with van der Waals surface area (Å²) in [5, 5.41) is 6.80. The Morgan fingerprint density at radius 3 is 2.65 bits per heavy atom. The molecule has 0 aromatic carbocycles. The lowest BCUT2D eigenvalue weighted by molar-refractivity contribution is -0.214. The zero-order chi connectivity index (χ0) is 24.8. The van der Waals surface area contributed by atoms with Gasteiger partial charge in [-0.25, -0.2) is 0 Å². The van der Waals surface area contributed by atoms with Gasteiger partial charge in [-0.2, -0.15) is 22.0 Å². The van der Waals surface area contributed by atoms with E-state index in [0.29, 0.717) is 25.0 Å². The fourth-order valence-electron chi connectivity index (χ4n) is 4.68. The highest BCUT2D eigenvalue weighted by Crippen LogP contribution is 2.45. The molecule has 0 saturated heterocycles. The fraction of sp³-hybridized carbons (Fsp3) is 0.571. The Kier molecular flexibility index (Phi) is 6.17. The van der Waals surface area contributed by atoms with Crippen LogP contribution in [0.2, 0.25) is 0 Å². The highest BCUT2D eigenvalue weighted by molar-refractivity contribution is 5.99. The van der Waals surface area contributed by atoms with Crippen molar-refractivity contribution >= 4 is 12.2 Å². The average molecular weight is 487 g/mol. The minimum atomic E-state index is -4.71. The second-order valence-electron chi connectivity index (χ2n) is 8.97. The zero-order valence-electron chi connectivity index (χ0n) is 18.1. The number of pyridine rings is 1. The van der Waals surface area contributed by atoms with Crippen molar-refractivity contribution in [1.82, 2.24) is 20.1 Å². The molecule has 13 heteroatoms. The van der Waals surface area contributed by atoms with Crippen molar-refractivity contribution in [3.63, 3.8) is 0 Å². The Labute approximate surface area is 190 Å². The lowest BCUT2D eigenvalue weighted by Gasteiger charge is -2.43. The molecule has 1 amide bonds.